The molecule has 0 heterocycles. The zero-order chi connectivity index (χ0) is 14.2. The number of rotatable bonds is 1. The van der Waals surface area contributed by atoms with Crippen molar-refractivity contribution in [2.45, 2.75) is 6.18 Å². The number of hydrogen-bond acceptors (Lipinski definition) is 2. The van der Waals surface area contributed by atoms with Gasteiger partial charge in [-0.2, -0.15) is 13.2 Å². The second kappa shape index (κ2) is 5.21. The highest BCUT2D eigenvalue weighted by Gasteiger charge is 2.39. The second-order valence-electron chi connectivity index (χ2n) is 3.00. The Morgan fingerprint density at radius 2 is 1.44 bits per heavy atom. The molecule has 10 heteroatoms. The molecule has 1 rings (SSSR count). The first kappa shape index (κ1) is 15.5. The van der Waals surface area contributed by atoms with Gasteiger partial charge in [-0.25, -0.2) is 0 Å². The van der Waals surface area contributed by atoms with E-state index >= 15 is 0 Å². The Hall–Kier alpha value is -0.560. The van der Waals surface area contributed by atoms with Crippen molar-refractivity contribution in [1.82, 2.24) is 0 Å². The van der Waals surface area contributed by atoms with Crippen molar-refractivity contribution in [2.24, 2.45) is 0 Å². The quantitative estimate of drug-likeness (QED) is 0.452. The molecular formula is C8H3Cl4F3N2O. The molecule has 0 unspecified atom stereocenters. The first-order chi connectivity index (χ1) is 8.07. The van der Waals surface area contributed by atoms with E-state index in [2.05, 4.69) is 0 Å². The molecule has 18 heavy (non-hydrogen) atoms. The number of alkyl halides is 3. The average molecular weight is 342 g/mol. The molecule has 3 N–H and O–H groups in total. The predicted molar refractivity (Wildman–Crippen MR) is 65.6 cm³/mol. The molecular weight excluding hydrogens is 339 g/mol. The smallest absolute Gasteiger partial charge is 0.396 e. The zero-order valence-electron chi connectivity index (χ0n) is 8.13. The van der Waals surface area contributed by atoms with Gasteiger partial charge < -0.3 is 11.1 Å². The van der Waals surface area contributed by atoms with E-state index in [1.807, 2.05) is 0 Å². The van der Waals surface area contributed by atoms with E-state index < -0.39 is 28.5 Å². The number of nitrogen functional groups attached to an aromatic ring is 1. The topological polar surface area (TPSA) is 55.1 Å². The van der Waals surface area contributed by atoms with Gasteiger partial charge in [-0.05, 0) is 0 Å². The lowest BCUT2D eigenvalue weighted by Crippen LogP contribution is -2.30. The standard InChI is InChI=1S/C8H3Cl4F3N2O/c9-1-2(10)4(12)6(5(16)3(1)11)17-7(18)8(13,14)15/h16H2,(H,17,18). The summed E-state index contributed by atoms with van der Waals surface area (Å²) in [4.78, 5) is 10.8. The minimum atomic E-state index is -5.10. The maximum absolute atomic E-state index is 12.1. The van der Waals surface area contributed by atoms with Crippen LogP contribution in [0.2, 0.25) is 20.1 Å². The average Bonchev–Trinajstić information content (AvgIpc) is 2.28. The van der Waals surface area contributed by atoms with Gasteiger partial charge in [-0.3, -0.25) is 4.79 Å². The third-order valence-corrected chi connectivity index (χ3v) is 3.62. The van der Waals surface area contributed by atoms with E-state index in [9.17, 15) is 18.0 Å². The molecule has 1 aromatic carbocycles. The van der Waals surface area contributed by atoms with Crippen molar-refractivity contribution in [1.29, 1.82) is 0 Å². The Bertz CT molecular complexity index is 489. The number of nitrogens with one attached hydrogen (secondary N) is 1. The van der Waals surface area contributed by atoms with Gasteiger partial charge in [0.25, 0.3) is 0 Å². The predicted octanol–water partition coefficient (Wildman–Crippen LogP) is 4.38. The fraction of sp³-hybridized carbons (Fsp3) is 0.125. The van der Waals surface area contributed by atoms with Crippen molar-refractivity contribution >= 4 is 63.7 Å². The maximum Gasteiger partial charge on any atom is 0.471 e. The maximum atomic E-state index is 12.1. The Morgan fingerprint density at radius 3 is 1.89 bits per heavy atom. The summed E-state index contributed by atoms with van der Waals surface area (Å²) in [5, 5.41) is 0.220. The van der Waals surface area contributed by atoms with Gasteiger partial charge >= 0.3 is 12.1 Å². The molecule has 0 aliphatic rings. The van der Waals surface area contributed by atoms with Crippen LogP contribution in [0.15, 0.2) is 0 Å². The van der Waals surface area contributed by atoms with E-state index in [4.69, 9.17) is 52.1 Å². The van der Waals surface area contributed by atoms with Gasteiger partial charge in [-0.15, -0.1) is 0 Å². The number of halogens is 7. The van der Waals surface area contributed by atoms with Crippen molar-refractivity contribution < 1.29 is 18.0 Å². The minimum absolute atomic E-state index is 0.217. The molecule has 0 spiro atoms. The molecule has 0 aromatic heterocycles. The number of carbonyl (C=O) groups excluding carboxylic acids is 1. The third kappa shape index (κ3) is 2.88. The number of benzene rings is 1. The van der Waals surface area contributed by atoms with Crippen LogP contribution in [0.4, 0.5) is 24.5 Å². The highest BCUT2D eigenvalue weighted by atomic mass is 35.5. The van der Waals surface area contributed by atoms with Gasteiger partial charge in [0.1, 0.15) is 0 Å². The molecule has 0 aliphatic heterocycles. The van der Waals surface area contributed by atoms with Crippen LogP contribution in [-0.4, -0.2) is 12.1 Å². The van der Waals surface area contributed by atoms with Gasteiger partial charge in [0.05, 0.1) is 31.5 Å². The van der Waals surface area contributed by atoms with E-state index in [0.29, 0.717) is 0 Å². The number of amides is 1. The Morgan fingerprint density at radius 1 is 1.00 bits per heavy atom. The summed E-state index contributed by atoms with van der Waals surface area (Å²) in [7, 11) is 0. The Kier molecular flexibility index (Phi) is 4.48. The molecule has 100 valence electrons. The van der Waals surface area contributed by atoms with E-state index in [-0.39, 0.29) is 15.1 Å². The van der Waals surface area contributed by atoms with Gasteiger partial charge in [-0.1, -0.05) is 46.4 Å². The first-order valence-corrected chi connectivity index (χ1v) is 5.58. The van der Waals surface area contributed by atoms with Crippen molar-refractivity contribution in [3.05, 3.63) is 20.1 Å². The molecule has 0 saturated carbocycles. The normalized spacial score (nSPS) is 11.5. The summed E-state index contributed by atoms with van der Waals surface area (Å²) < 4.78 is 36.3. The number of nitrogens with two attached hydrogens (primary N) is 1. The van der Waals surface area contributed by atoms with Crippen LogP contribution < -0.4 is 11.1 Å². The van der Waals surface area contributed by atoms with Crippen molar-refractivity contribution in [3.63, 3.8) is 0 Å². The molecule has 0 atom stereocenters. The summed E-state index contributed by atoms with van der Waals surface area (Å²) in [5.74, 6) is -2.26. The highest BCUT2D eigenvalue weighted by molar-refractivity contribution is 6.54. The highest BCUT2D eigenvalue weighted by Crippen LogP contribution is 2.46. The first-order valence-electron chi connectivity index (χ1n) is 4.07. The lowest BCUT2D eigenvalue weighted by molar-refractivity contribution is -0.167. The van der Waals surface area contributed by atoms with E-state index in [0.717, 1.165) is 0 Å². The fourth-order valence-corrected chi connectivity index (χ4v) is 1.87. The molecule has 3 nitrogen and oxygen atoms in total. The number of carbonyl (C=O) groups is 1. The zero-order valence-corrected chi connectivity index (χ0v) is 11.2. The summed E-state index contributed by atoms with van der Waals surface area (Å²) in [6.45, 7) is 0. The van der Waals surface area contributed by atoms with Gasteiger partial charge in [0, 0.05) is 0 Å². The van der Waals surface area contributed by atoms with Gasteiger partial charge in [0.15, 0.2) is 0 Å². The molecule has 0 saturated heterocycles. The molecule has 0 fully saturated rings. The van der Waals surface area contributed by atoms with Crippen LogP contribution in [0.25, 0.3) is 0 Å². The fourth-order valence-electron chi connectivity index (χ4n) is 0.955. The summed E-state index contributed by atoms with van der Waals surface area (Å²) in [6, 6.07) is 0. The Balaban J connectivity index is 3.31. The molecule has 0 bridgehead atoms. The molecule has 1 aromatic rings. The number of anilines is 2. The van der Waals surface area contributed by atoms with Crippen LogP contribution >= 0.6 is 46.4 Å². The SMILES string of the molecule is Nc1c(Cl)c(Cl)c(Cl)c(Cl)c1NC(=O)C(F)(F)F. The van der Waals surface area contributed by atoms with Gasteiger partial charge in [0.2, 0.25) is 0 Å². The van der Waals surface area contributed by atoms with Crippen LogP contribution in [0.1, 0.15) is 0 Å². The molecule has 1 amide bonds. The Labute approximate surface area is 119 Å². The lowest BCUT2D eigenvalue weighted by atomic mass is 10.2. The third-order valence-electron chi connectivity index (χ3n) is 1.80. The lowest BCUT2D eigenvalue weighted by Gasteiger charge is -2.15. The van der Waals surface area contributed by atoms with Crippen LogP contribution in [0.3, 0.4) is 0 Å². The van der Waals surface area contributed by atoms with E-state index in [1.165, 1.54) is 5.32 Å². The van der Waals surface area contributed by atoms with Crippen LogP contribution in [-0.2, 0) is 4.79 Å². The van der Waals surface area contributed by atoms with Crippen molar-refractivity contribution in [3.8, 4) is 0 Å². The van der Waals surface area contributed by atoms with Crippen molar-refractivity contribution in [2.75, 3.05) is 11.1 Å². The molecule has 0 aliphatic carbocycles. The molecule has 0 radical (unpaired) electrons. The summed E-state index contributed by atoms with van der Waals surface area (Å²) >= 11 is 22.5. The largest absolute Gasteiger partial charge is 0.471 e. The van der Waals surface area contributed by atoms with Crippen LogP contribution in [0.5, 0.6) is 0 Å². The number of hydrogen-bond donors (Lipinski definition) is 2. The summed E-state index contributed by atoms with van der Waals surface area (Å²) in [5.41, 5.74) is 4.45. The monoisotopic (exact) mass is 340 g/mol. The second-order valence-corrected chi connectivity index (χ2v) is 4.51. The van der Waals surface area contributed by atoms with E-state index in [1.54, 1.807) is 0 Å². The summed E-state index contributed by atoms with van der Waals surface area (Å²) in [6.07, 6.45) is -5.10. The minimum Gasteiger partial charge on any atom is -0.396 e. The van der Waals surface area contributed by atoms with Crippen LogP contribution in [0, 0.1) is 0 Å².